The molecular formula is C19H20FN3O3. The van der Waals surface area contributed by atoms with Crippen LogP contribution >= 0.6 is 0 Å². The first-order valence-corrected chi connectivity index (χ1v) is 8.30. The van der Waals surface area contributed by atoms with Crippen LogP contribution in [-0.4, -0.2) is 47.0 Å². The molecule has 3 rings (SSSR count). The van der Waals surface area contributed by atoms with Gasteiger partial charge >= 0.3 is 0 Å². The summed E-state index contributed by atoms with van der Waals surface area (Å²) in [5.41, 5.74) is 5.78. The van der Waals surface area contributed by atoms with E-state index >= 15 is 0 Å². The predicted octanol–water partition coefficient (Wildman–Crippen LogP) is 1.53. The van der Waals surface area contributed by atoms with Crippen molar-refractivity contribution in [2.45, 2.75) is 18.9 Å². The van der Waals surface area contributed by atoms with Gasteiger partial charge in [-0.15, -0.1) is 0 Å². The van der Waals surface area contributed by atoms with Gasteiger partial charge < -0.3 is 15.4 Å². The van der Waals surface area contributed by atoms with Gasteiger partial charge in [0.25, 0.3) is 11.8 Å². The Labute approximate surface area is 150 Å². The molecule has 1 unspecified atom stereocenters. The second-order valence-electron chi connectivity index (χ2n) is 6.48. The average Bonchev–Trinajstić information content (AvgIpc) is 2.63. The molecule has 1 aliphatic rings. The number of aromatic nitrogens is 1. The van der Waals surface area contributed by atoms with Crippen LogP contribution in [0.4, 0.5) is 4.39 Å². The molecule has 7 heteroatoms. The van der Waals surface area contributed by atoms with E-state index in [2.05, 4.69) is 4.98 Å². The monoisotopic (exact) mass is 357 g/mol. The lowest BCUT2D eigenvalue weighted by Gasteiger charge is -2.38. The van der Waals surface area contributed by atoms with Gasteiger partial charge in [0, 0.05) is 24.9 Å². The van der Waals surface area contributed by atoms with E-state index in [1.165, 1.54) is 17.2 Å². The molecule has 6 nitrogen and oxygen atoms in total. The Hall–Kier alpha value is -2.80. The Balaban J connectivity index is 1.71. The van der Waals surface area contributed by atoms with Gasteiger partial charge in [-0.2, -0.15) is 0 Å². The Morgan fingerprint density at radius 2 is 2.08 bits per heavy atom. The number of nitrogens with zero attached hydrogens (tertiary/aromatic N) is 2. The normalized spacial score (nSPS) is 20.0. The SMILES string of the molecule is CC1(C(N)=O)CN(C(=O)c2ccc(Cc3ccccc3F)nc2)CCO1. The molecule has 1 aromatic heterocycles. The molecule has 136 valence electrons. The number of morpholine rings is 1. The highest BCUT2D eigenvalue weighted by Gasteiger charge is 2.39. The summed E-state index contributed by atoms with van der Waals surface area (Å²) in [6.07, 6.45) is 1.81. The number of nitrogens with two attached hydrogens (primary N) is 1. The minimum Gasteiger partial charge on any atom is -0.367 e. The number of benzene rings is 1. The largest absolute Gasteiger partial charge is 0.367 e. The number of hydrogen-bond acceptors (Lipinski definition) is 4. The van der Waals surface area contributed by atoms with Crippen LogP contribution in [0.3, 0.4) is 0 Å². The Morgan fingerprint density at radius 1 is 1.31 bits per heavy atom. The van der Waals surface area contributed by atoms with E-state index in [1.807, 2.05) is 0 Å². The number of halogens is 1. The van der Waals surface area contributed by atoms with Gasteiger partial charge in [0.05, 0.1) is 18.7 Å². The molecule has 2 heterocycles. The Bertz CT molecular complexity index is 825. The summed E-state index contributed by atoms with van der Waals surface area (Å²) in [6, 6.07) is 9.87. The van der Waals surface area contributed by atoms with Crippen LogP contribution < -0.4 is 5.73 Å². The smallest absolute Gasteiger partial charge is 0.255 e. The molecule has 1 atom stereocenters. The zero-order chi connectivity index (χ0) is 18.7. The number of ether oxygens (including phenoxy) is 1. The summed E-state index contributed by atoms with van der Waals surface area (Å²) in [7, 11) is 0. The first kappa shape index (κ1) is 18.0. The number of rotatable bonds is 4. The molecule has 0 spiro atoms. The Morgan fingerprint density at radius 3 is 2.73 bits per heavy atom. The maximum atomic E-state index is 13.7. The maximum absolute atomic E-state index is 13.7. The van der Waals surface area contributed by atoms with Crippen molar-refractivity contribution in [3.05, 3.63) is 65.2 Å². The van der Waals surface area contributed by atoms with Crippen LogP contribution in [0.5, 0.6) is 0 Å². The zero-order valence-electron chi connectivity index (χ0n) is 14.4. The molecule has 1 fully saturated rings. The van der Waals surface area contributed by atoms with Gasteiger partial charge in [-0.05, 0) is 30.7 Å². The fraction of sp³-hybridized carbons (Fsp3) is 0.316. The fourth-order valence-electron chi connectivity index (χ4n) is 2.87. The minimum absolute atomic E-state index is 0.0954. The standard InChI is InChI=1S/C19H20FN3O3/c1-19(18(21)25)12-23(8-9-26-19)17(24)14-6-7-15(22-11-14)10-13-4-2-3-5-16(13)20/h2-7,11H,8-10,12H2,1H3,(H2,21,25). The molecular weight excluding hydrogens is 337 g/mol. The predicted molar refractivity (Wildman–Crippen MR) is 92.9 cm³/mol. The quantitative estimate of drug-likeness (QED) is 0.899. The van der Waals surface area contributed by atoms with Crippen LogP contribution in [0.2, 0.25) is 0 Å². The summed E-state index contributed by atoms with van der Waals surface area (Å²) in [5.74, 6) is -1.13. The first-order valence-electron chi connectivity index (χ1n) is 8.30. The summed E-state index contributed by atoms with van der Waals surface area (Å²) in [4.78, 5) is 30.0. The van der Waals surface area contributed by atoms with Crippen LogP contribution in [-0.2, 0) is 16.0 Å². The van der Waals surface area contributed by atoms with E-state index in [-0.39, 0.29) is 24.9 Å². The zero-order valence-corrected chi connectivity index (χ0v) is 14.4. The second-order valence-corrected chi connectivity index (χ2v) is 6.48. The van der Waals surface area contributed by atoms with Crippen molar-refractivity contribution in [1.29, 1.82) is 0 Å². The third-order valence-corrected chi connectivity index (χ3v) is 4.48. The number of amides is 2. The van der Waals surface area contributed by atoms with E-state index in [0.29, 0.717) is 29.8 Å². The van der Waals surface area contributed by atoms with Crippen LogP contribution in [0, 0.1) is 5.82 Å². The van der Waals surface area contributed by atoms with Gasteiger partial charge in [-0.1, -0.05) is 18.2 Å². The van der Waals surface area contributed by atoms with Crippen LogP contribution in [0.15, 0.2) is 42.6 Å². The van der Waals surface area contributed by atoms with Gasteiger partial charge in [0.15, 0.2) is 5.60 Å². The molecule has 0 bridgehead atoms. The molecule has 0 saturated carbocycles. The molecule has 0 radical (unpaired) electrons. The maximum Gasteiger partial charge on any atom is 0.255 e. The van der Waals surface area contributed by atoms with Gasteiger partial charge in [0.1, 0.15) is 5.82 Å². The number of carbonyl (C=O) groups excluding carboxylic acids is 2. The van der Waals surface area contributed by atoms with Crippen molar-refractivity contribution in [2.24, 2.45) is 5.73 Å². The van der Waals surface area contributed by atoms with Crippen molar-refractivity contribution in [2.75, 3.05) is 19.7 Å². The first-order chi connectivity index (χ1) is 12.4. The number of primary amides is 1. The van der Waals surface area contributed by atoms with Crippen LogP contribution in [0.1, 0.15) is 28.5 Å². The van der Waals surface area contributed by atoms with Gasteiger partial charge in [0.2, 0.25) is 0 Å². The topological polar surface area (TPSA) is 85.5 Å². The van der Waals surface area contributed by atoms with Crippen molar-refractivity contribution in [3.63, 3.8) is 0 Å². The van der Waals surface area contributed by atoms with E-state index in [1.54, 1.807) is 37.3 Å². The third-order valence-electron chi connectivity index (χ3n) is 4.48. The summed E-state index contributed by atoms with van der Waals surface area (Å²) < 4.78 is 19.1. The van der Waals surface area contributed by atoms with Crippen molar-refractivity contribution < 1.29 is 18.7 Å². The molecule has 2 N–H and O–H groups in total. The van der Waals surface area contributed by atoms with E-state index in [9.17, 15) is 14.0 Å². The molecule has 2 amide bonds. The minimum atomic E-state index is -1.19. The molecule has 1 saturated heterocycles. The van der Waals surface area contributed by atoms with Crippen molar-refractivity contribution >= 4 is 11.8 Å². The summed E-state index contributed by atoms with van der Waals surface area (Å²) in [5, 5.41) is 0. The summed E-state index contributed by atoms with van der Waals surface area (Å²) in [6.45, 7) is 2.28. The average molecular weight is 357 g/mol. The lowest BCUT2D eigenvalue weighted by molar-refractivity contribution is -0.150. The van der Waals surface area contributed by atoms with E-state index < -0.39 is 11.5 Å². The molecule has 0 aliphatic carbocycles. The molecule has 1 aliphatic heterocycles. The van der Waals surface area contributed by atoms with Crippen molar-refractivity contribution in [3.8, 4) is 0 Å². The lowest BCUT2D eigenvalue weighted by Crippen LogP contribution is -2.58. The number of pyridine rings is 1. The molecule has 2 aromatic rings. The third kappa shape index (κ3) is 3.72. The van der Waals surface area contributed by atoms with E-state index in [4.69, 9.17) is 10.5 Å². The highest BCUT2D eigenvalue weighted by molar-refractivity contribution is 5.95. The number of carbonyl (C=O) groups is 2. The van der Waals surface area contributed by atoms with Gasteiger partial charge in [-0.25, -0.2) is 4.39 Å². The fourth-order valence-corrected chi connectivity index (χ4v) is 2.87. The highest BCUT2D eigenvalue weighted by Crippen LogP contribution is 2.19. The highest BCUT2D eigenvalue weighted by atomic mass is 19.1. The second kappa shape index (κ2) is 7.21. The van der Waals surface area contributed by atoms with Crippen LogP contribution in [0.25, 0.3) is 0 Å². The molecule has 1 aromatic carbocycles. The number of hydrogen-bond donors (Lipinski definition) is 1. The molecule has 26 heavy (non-hydrogen) atoms. The van der Waals surface area contributed by atoms with Crippen molar-refractivity contribution in [1.82, 2.24) is 9.88 Å². The van der Waals surface area contributed by atoms with Gasteiger partial charge in [-0.3, -0.25) is 14.6 Å². The van der Waals surface area contributed by atoms with E-state index in [0.717, 1.165) is 0 Å². The summed E-state index contributed by atoms with van der Waals surface area (Å²) >= 11 is 0. The lowest BCUT2D eigenvalue weighted by atomic mass is 10.0. The Kier molecular flexibility index (Phi) is 4.99.